The van der Waals surface area contributed by atoms with Gasteiger partial charge in [-0.3, -0.25) is 0 Å². The highest BCUT2D eigenvalue weighted by Gasteiger charge is 2.33. The predicted octanol–water partition coefficient (Wildman–Crippen LogP) is 4.39. The van der Waals surface area contributed by atoms with Crippen molar-refractivity contribution in [1.29, 1.82) is 0 Å². The molecule has 1 heterocycles. The number of halogens is 1. The topological polar surface area (TPSA) is 29.3 Å². The molecule has 104 valence electrons. The quantitative estimate of drug-likeness (QED) is 0.772. The van der Waals surface area contributed by atoms with E-state index in [2.05, 4.69) is 17.9 Å². The molecule has 0 unspecified atom stereocenters. The molecule has 0 aromatic heterocycles. The lowest BCUT2D eigenvalue weighted by Gasteiger charge is -2.46. The minimum atomic E-state index is 0.693. The van der Waals surface area contributed by atoms with Crippen LogP contribution < -0.4 is 10.6 Å². The molecule has 3 rings (SSSR count). The number of fused-ring (bicyclic) bond motifs is 1. The second kappa shape index (κ2) is 5.24. The molecule has 2 N–H and O–H groups in total. The zero-order valence-corrected chi connectivity index (χ0v) is 12.4. The van der Waals surface area contributed by atoms with Crippen molar-refractivity contribution in [3.8, 4) is 0 Å². The first-order valence-electron chi connectivity index (χ1n) is 7.49. The van der Waals surface area contributed by atoms with E-state index in [0.29, 0.717) is 10.7 Å². The fourth-order valence-corrected chi connectivity index (χ4v) is 4.08. The van der Waals surface area contributed by atoms with Gasteiger partial charge >= 0.3 is 0 Å². The van der Waals surface area contributed by atoms with Crippen molar-refractivity contribution in [2.75, 3.05) is 17.2 Å². The monoisotopic (exact) mass is 278 g/mol. The molecule has 2 nitrogen and oxygen atoms in total. The molecule has 0 amide bonds. The number of nitrogen functional groups attached to an aromatic ring is 1. The molecule has 0 radical (unpaired) electrons. The number of rotatable bonds is 1. The summed E-state index contributed by atoms with van der Waals surface area (Å²) >= 11 is 6.23. The Morgan fingerprint density at radius 1 is 1.16 bits per heavy atom. The standard InChI is InChI=1S/C16H23ClN2/c1-11-9-14(18)13(17)10-16(11)19-8-4-6-12-5-2-3-7-15(12)19/h9-10,12,15H,2-8,18H2,1H3/t12-,15-/m1/s1. The molecule has 1 saturated heterocycles. The van der Waals surface area contributed by atoms with E-state index in [-0.39, 0.29) is 0 Å². The Bertz CT molecular complexity index is 470. The summed E-state index contributed by atoms with van der Waals surface area (Å²) in [6.45, 7) is 3.32. The van der Waals surface area contributed by atoms with Crippen LogP contribution in [0.2, 0.25) is 5.02 Å². The Balaban J connectivity index is 1.93. The molecular formula is C16H23ClN2. The third-order valence-corrected chi connectivity index (χ3v) is 5.20. The first-order chi connectivity index (χ1) is 9.16. The Morgan fingerprint density at radius 3 is 2.74 bits per heavy atom. The van der Waals surface area contributed by atoms with Crippen LogP contribution in [0, 0.1) is 12.8 Å². The second-order valence-corrected chi connectivity index (χ2v) is 6.51. The van der Waals surface area contributed by atoms with Gasteiger partial charge in [-0.25, -0.2) is 0 Å². The third-order valence-electron chi connectivity index (χ3n) is 4.87. The van der Waals surface area contributed by atoms with Crippen molar-refractivity contribution in [3.63, 3.8) is 0 Å². The molecule has 1 aliphatic carbocycles. The highest BCUT2D eigenvalue weighted by atomic mass is 35.5. The summed E-state index contributed by atoms with van der Waals surface area (Å²) in [5, 5.41) is 0.693. The Labute approximate surface area is 120 Å². The maximum atomic E-state index is 6.23. The Hall–Kier alpha value is -0.890. The number of hydrogen-bond acceptors (Lipinski definition) is 2. The maximum absolute atomic E-state index is 6.23. The first kappa shape index (κ1) is 13.1. The van der Waals surface area contributed by atoms with Crippen molar-refractivity contribution < 1.29 is 0 Å². The summed E-state index contributed by atoms with van der Waals surface area (Å²) in [4.78, 5) is 2.61. The molecule has 2 fully saturated rings. The highest BCUT2D eigenvalue weighted by Crippen LogP contribution is 2.40. The summed E-state index contributed by atoms with van der Waals surface area (Å²) in [6.07, 6.45) is 8.25. The molecular weight excluding hydrogens is 256 g/mol. The van der Waals surface area contributed by atoms with Crippen LogP contribution in [0.1, 0.15) is 44.1 Å². The second-order valence-electron chi connectivity index (χ2n) is 6.11. The Morgan fingerprint density at radius 2 is 1.89 bits per heavy atom. The molecule has 3 heteroatoms. The van der Waals surface area contributed by atoms with Crippen LogP contribution in [0.3, 0.4) is 0 Å². The minimum absolute atomic E-state index is 0.693. The molecule has 1 aromatic rings. The van der Waals surface area contributed by atoms with E-state index < -0.39 is 0 Å². The SMILES string of the molecule is Cc1cc(N)c(Cl)cc1N1CCC[C@H]2CCCC[C@H]21. The van der Waals surface area contributed by atoms with Crippen LogP contribution in [0.15, 0.2) is 12.1 Å². The van der Waals surface area contributed by atoms with E-state index in [1.807, 2.05) is 6.07 Å². The van der Waals surface area contributed by atoms with Gasteiger partial charge in [0.2, 0.25) is 0 Å². The molecule has 2 aliphatic rings. The van der Waals surface area contributed by atoms with Crippen LogP contribution in [-0.4, -0.2) is 12.6 Å². The highest BCUT2D eigenvalue weighted by molar-refractivity contribution is 6.33. The fraction of sp³-hybridized carbons (Fsp3) is 0.625. The Kier molecular flexibility index (Phi) is 3.62. The van der Waals surface area contributed by atoms with E-state index in [4.69, 9.17) is 17.3 Å². The van der Waals surface area contributed by atoms with E-state index >= 15 is 0 Å². The average molecular weight is 279 g/mol. The van der Waals surface area contributed by atoms with Gasteiger partial charge in [-0.05, 0) is 56.2 Å². The average Bonchev–Trinajstić information content (AvgIpc) is 2.42. The zero-order valence-electron chi connectivity index (χ0n) is 11.7. The number of benzene rings is 1. The summed E-state index contributed by atoms with van der Waals surface area (Å²) in [5.41, 5.74) is 9.15. The van der Waals surface area contributed by atoms with Gasteiger partial charge in [0.25, 0.3) is 0 Å². The number of nitrogens with zero attached hydrogens (tertiary/aromatic N) is 1. The van der Waals surface area contributed by atoms with Crippen LogP contribution in [0.5, 0.6) is 0 Å². The number of hydrogen-bond donors (Lipinski definition) is 1. The van der Waals surface area contributed by atoms with Gasteiger partial charge < -0.3 is 10.6 Å². The zero-order chi connectivity index (χ0) is 13.4. The lowest BCUT2D eigenvalue weighted by Crippen LogP contribution is -2.47. The van der Waals surface area contributed by atoms with Crippen molar-refractivity contribution in [3.05, 3.63) is 22.7 Å². The number of piperidine rings is 1. The molecule has 1 aliphatic heterocycles. The molecule has 19 heavy (non-hydrogen) atoms. The molecule has 2 atom stereocenters. The van der Waals surface area contributed by atoms with E-state index in [1.165, 1.54) is 56.3 Å². The van der Waals surface area contributed by atoms with Crippen LogP contribution >= 0.6 is 11.6 Å². The van der Waals surface area contributed by atoms with Gasteiger partial charge in [0, 0.05) is 18.3 Å². The van der Waals surface area contributed by atoms with Crippen molar-refractivity contribution in [2.24, 2.45) is 5.92 Å². The number of nitrogens with two attached hydrogens (primary N) is 1. The van der Waals surface area contributed by atoms with Crippen LogP contribution in [0.4, 0.5) is 11.4 Å². The summed E-state index contributed by atoms with van der Waals surface area (Å²) in [7, 11) is 0. The van der Waals surface area contributed by atoms with E-state index in [0.717, 1.165) is 12.0 Å². The number of aryl methyl sites for hydroxylation is 1. The normalized spacial score (nSPS) is 27.2. The van der Waals surface area contributed by atoms with Crippen LogP contribution in [0.25, 0.3) is 0 Å². The molecule has 0 bridgehead atoms. The first-order valence-corrected chi connectivity index (χ1v) is 7.87. The molecule has 1 aromatic carbocycles. The van der Waals surface area contributed by atoms with Crippen molar-refractivity contribution in [2.45, 2.75) is 51.5 Å². The lowest BCUT2D eigenvalue weighted by molar-refractivity contribution is 0.243. The molecule has 1 saturated carbocycles. The molecule has 0 spiro atoms. The van der Waals surface area contributed by atoms with Gasteiger partial charge in [0.1, 0.15) is 0 Å². The van der Waals surface area contributed by atoms with Crippen molar-refractivity contribution in [1.82, 2.24) is 0 Å². The summed E-state index contributed by atoms with van der Waals surface area (Å²) in [5.74, 6) is 0.887. The smallest absolute Gasteiger partial charge is 0.0656 e. The lowest BCUT2D eigenvalue weighted by atomic mass is 9.78. The van der Waals surface area contributed by atoms with E-state index in [1.54, 1.807) is 0 Å². The summed E-state index contributed by atoms with van der Waals surface area (Å²) < 4.78 is 0. The van der Waals surface area contributed by atoms with Gasteiger partial charge in [-0.1, -0.05) is 24.4 Å². The fourth-order valence-electron chi connectivity index (χ4n) is 3.93. The van der Waals surface area contributed by atoms with E-state index in [9.17, 15) is 0 Å². The van der Waals surface area contributed by atoms with Crippen LogP contribution in [-0.2, 0) is 0 Å². The minimum Gasteiger partial charge on any atom is -0.398 e. The van der Waals surface area contributed by atoms with Gasteiger partial charge in [-0.2, -0.15) is 0 Å². The largest absolute Gasteiger partial charge is 0.398 e. The van der Waals surface area contributed by atoms with Crippen molar-refractivity contribution >= 4 is 23.0 Å². The number of anilines is 2. The van der Waals surface area contributed by atoms with Gasteiger partial charge in [-0.15, -0.1) is 0 Å². The summed E-state index contributed by atoms with van der Waals surface area (Å²) in [6, 6.07) is 4.81. The van der Waals surface area contributed by atoms with Gasteiger partial charge in [0.05, 0.1) is 10.7 Å². The maximum Gasteiger partial charge on any atom is 0.0656 e. The third kappa shape index (κ3) is 2.43. The van der Waals surface area contributed by atoms with Gasteiger partial charge in [0.15, 0.2) is 0 Å². The predicted molar refractivity (Wildman–Crippen MR) is 82.9 cm³/mol.